The van der Waals surface area contributed by atoms with E-state index in [9.17, 15) is 13.4 Å². The molecule has 1 amide bonds. The summed E-state index contributed by atoms with van der Waals surface area (Å²) >= 11 is 0. The number of rotatable bonds is 6. The molecule has 2 N–H and O–H groups in total. The van der Waals surface area contributed by atoms with Gasteiger partial charge in [0.1, 0.15) is 22.6 Å². The molecule has 2 aliphatic rings. The second-order valence-electron chi connectivity index (χ2n) is 9.21. The Morgan fingerprint density at radius 1 is 1.17 bits per heavy atom. The summed E-state index contributed by atoms with van der Waals surface area (Å²) in [5.41, 5.74) is 3.37. The van der Waals surface area contributed by atoms with Crippen molar-refractivity contribution >= 4 is 34.3 Å². The van der Waals surface area contributed by atoms with Gasteiger partial charge in [-0.05, 0) is 56.2 Å². The van der Waals surface area contributed by atoms with Crippen LogP contribution in [0.1, 0.15) is 41.4 Å². The summed E-state index contributed by atoms with van der Waals surface area (Å²) in [5, 5.41) is 3.13. The molecule has 1 fully saturated rings. The summed E-state index contributed by atoms with van der Waals surface area (Å²) in [4.78, 5) is 30.8. The van der Waals surface area contributed by atoms with Gasteiger partial charge in [0.25, 0.3) is 5.91 Å². The number of hydrogen-bond donors (Lipinski definition) is 2. The van der Waals surface area contributed by atoms with Crippen LogP contribution in [0.3, 0.4) is 0 Å². The number of fused-ring (bicyclic) bond motifs is 1. The van der Waals surface area contributed by atoms with Gasteiger partial charge in [0.05, 0.1) is 5.69 Å². The molecule has 2 aromatic heterocycles. The Bertz CT molecular complexity index is 1290. The molecule has 9 nitrogen and oxygen atoms in total. The number of nitrogens with zero attached hydrogens (tertiary/aromatic N) is 5. The first kappa shape index (κ1) is 24.3. The fraction of sp³-hybridized carbons (Fsp3) is 0.360. The van der Waals surface area contributed by atoms with Crippen molar-refractivity contribution in [1.29, 1.82) is 0 Å². The van der Waals surface area contributed by atoms with Crippen molar-refractivity contribution < 1.29 is 13.4 Å². The van der Waals surface area contributed by atoms with Gasteiger partial charge in [-0.1, -0.05) is 0 Å². The van der Waals surface area contributed by atoms with E-state index in [0.29, 0.717) is 29.9 Å². The monoisotopic (exact) mass is 509 g/mol. The molecule has 188 valence electrons. The number of likely N-dealkylation sites (tertiary alicyclic amines) is 1. The van der Waals surface area contributed by atoms with E-state index in [2.05, 4.69) is 31.8 Å². The number of pyridine rings is 1. The van der Waals surface area contributed by atoms with Crippen molar-refractivity contribution in [3.63, 3.8) is 0 Å². The van der Waals surface area contributed by atoms with Gasteiger partial charge in [-0.3, -0.25) is 14.4 Å². The Morgan fingerprint density at radius 3 is 2.72 bits per heavy atom. The first-order valence-corrected chi connectivity index (χ1v) is 13.4. The van der Waals surface area contributed by atoms with Gasteiger partial charge in [-0.25, -0.2) is 23.6 Å². The molecule has 0 aliphatic carbocycles. The maximum absolute atomic E-state index is 13.2. The smallest absolute Gasteiger partial charge is 0.254 e. The molecule has 0 spiro atoms. The molecule has 11 heteroatoms. The van der Waals surface area contributed by atoms with Crippen LogP contribution >= 0.6 is 0 Å². The summed E-state index contributed by atoms with van der Waals surface area (Å²) in [5.74, 6) is 0.590. The van der Waals surface area contributed by atoms with Crippen LogP contribution in [-0.2, 0) is 24.1 Å². The number of amides is 1. The van der Waals surface area contributed by atoms with E-state index in [4.69, 9.17) is 4.98 Å². The van der Waals surface area contributed by atoms with Gasteiger partial charge in [-0.2, -0.15) is 0 Å². The van der Waals surface area contributed by atoms with Crippen LogP contribution in [0.5, 0.6) is 0 Å². The number of nitrogens with one attached hydrogen (secondary N) is 2. The molecule has 1 saturated heterocycles. The summed E-state index contributed by atoms with van der Waals surface area (Å²) in [6.45, 7) is 4.25. The van der Waals surface area contributed by atoms with E-state index < -0.39 is 11.0 Å². The molecule has 5 rings (SSSR count). The number of aromatic nitrogens is 3. The van der Waals surface area contributed by atoms with Gasteiger partial charge < -0.3 is 10.2 Å². The molecule has 36 heavy (non-hydrogen) atoms. The Labute approximate surface area is 211 Å². The number of carbonyl (C=O) groups is 1. The molecule has 1 unspecified atom stereocenters. The zero-order valence-corrected chi connectivity index (χ0v) is 21.0. The Kier molecular flexibility index (Phi) is 6.92. The molecular formula is C25H28FN7O2S. The minimum Gasteiger partial charge on any atom is -0.336 e. The lowest BCUT2D eigenvalue weighted by Crippen LogP contribution is -2.50. The van der Waals surface area contributed by atoms with E-state index in [1.54, 1.807) is 30.5 Å². The average molecular weight is 510 g/mol. The highest BCUT2D eigenvalue weighted by Crippen LogP contribution is 2.30. The Balaban J connectivity index is 1.20. The van der Waals surface area contributed by atoms with E-state index >= 15 is 0 Å². The fourth-order valence-electron chi connectivity index (χ4n) is 4.87. The number of carbonyl (C=O) groups excluding carboxylic acids is 1. The first-order chi connectivity index (χ1) is 17.4. The van der Waals surface area contributed by atoms with Crippen molar-refractivity contribution in [3.8, 4) is 0 Å². The Morgan fingerprint density at radius 2 is 1.97 bits per heavy atom. The largest absolute Gasteiger partial charge is 0.336 e. The van der Waals surface area contributed by atoms with Crippen molar-refractivity contribution in [3.05, 3.63) is 71.4 Å². The zero-order valence-electron chi connectivity index (χ0n) is 20.1. The molecule has 0 radical (unpaired) electrons. The zero-order chi connectivity index (χ0) is 25.2. The quantitative estimate of drug-likeness (QED) is 0.525. The molecule has 4 heterocycles. The topological polar surface area (TPSA) is 103 Å². The number of benzene rings is 1. The van der Waals surface area contributed by atoms with Crippen LogP contribution in [0.25, 0.3) is 0 Å². The number of hydrogen-bond acceptors (Lipinski definition) is 7. The van der Waals surface area contributed by atoms with Gasteiger partial charge in [-0.15, -0.1) is 0 Å². The van der Waals surface area contributed by atoms with E-state index in [-0.39, 0.29) is 17.8 Å². The van der Waals surface area contributed by atoms with Crippen LogP contribution in [0, 0.1) is 5.82 Å². The lowest BCUT2D eigenvalue weighted by Gasteiger charge is -2.41. The minimum atomic E-state index is -1.26. The highest BCUT2D eigenvalue weighted by atomic mass is 32.2. The summed E-state index contributed by atoms with van der Waals surface area (Å²) < 4.78 is 27.3. The van der Waals surface area contributed by atoms with Gasteiger partial charge in [0, 0.05) is 67.2 Å². The van der Waals surface area contributed by atoms with Gasteiger partial charge in [0.15, 0.2) is 0 Å². The third-order valence-corrected chi connectivity index (χ3v) is 7.16. The molecular weight excluding hydrogens is 481 g/mol. The van der Waals surface area contributed by atoms with Crippen LogP contribution in [-0.4, -0.2) is 59.8 Å². The molecule has 3 atom stereocenters. The van der Waals surface area contributed by atoms with Crippen molar-refractivity contribution in [2.75, 3.05) is 22.8 Å². The molecule has 3 aromatic rings. The van der Waals surface area contributed by atoms with Gasteiger partial charge >= 0.3 is 0 Å². The third-order valence-electron chi connectivity index (χ3n) is 6.66. The maximum Gasteiger partial charge on any atom is 0.254 e. The van der Waals surface area contributed by atoms with E-state index in [1.165, 1.54) is 18.4 Å². The van der Waals surface area contributed by atoms with Crippen LogP contribution in [0.4, 0.5) is 21.8 Å². The first-order valence-electron chi connectivity index (χ1n) is 11.8. The Hall–Kier alpha value is -3.44. The van der Waals surface area contributed by atoms with Crippen molar-refractivity contribution in [2.45, 2.75) is 44.9 Å². The summed E-state index contributed by atoms with van der Waals surface area (Å²) in [6, 6.07) is 9.86. The van der Waals surface area contributed by atoms with E-state index in [1.807, 2.05) is 11.1 Å². The molecule has 0 bridgehead atoms. The molecule has 2 aliphatic heterocycles. The predicted octanol–water partition coefficient (Wildman–Crippen LogP) is 3.47. The summed E-state index contributed by atoms with van der Waals surface area (Å²) in [7, 11) is -1.26. The number of piperidine rings is 1. The standard InChI is InChI=1S/C25H28FN7O2S/c1-16-11-21(8-10-33(16)24(34)17-7-9-27-23(12-17)31-36(2)35)32-14-18-13-28-25(30-22(18)15-32)29-20-5-3-19(26)4-6-20/h3-7,9,12-13,16,21H,8,10-11,14-15H2,1-2H3,(H,27,31)(H,28,29,30)/t16-,21+,36?/m1/s1. The van der Waals surface area contributed by atoms with Crippen LogP contribution in [0.2, 0.25) is 0 Å². The number of halogens is 1. The molecule has 1 aromatic carbocycles. The third kappa shape index (κ3) is 5.36. The highest BCUT2D eigenvalue weighted by molar-refractivity contribution is 7.85. The lowest BCUT2D eigenvalue weighted by molar-refractivity contribution is 0.0460. The highest BCUT2D eigenvalue weighted by Gasteiger charge is 2.35. The average Bonchev–Trinajstić information content (AvgIpc) is 3.28. The van der Waals surface area contributed by atoms with Crippen molar-refractivity contribution in [1.82, 2.24) is 24.8 Å². The normalized spacial score (nSPS) is 20.6. The lowest BCUT2D eigenvalue weighted by atomic mass is 9.96. The van der Waals surface area contributed by atoms with Crippen molar-refractivity contribution in [2.24, 2.45) is 0 Å². The minimum absolute atomic E-state index is 0.0413. The maximum atomic E-state index is 13.2. The summed E-state index contributed by atoms with van der Waals surface area (Å²) in [6.07, 6.45) is 6.67. The van der Waals surface area contributed by atoms with Crippen LogP contribution in [0.15, 0.2) is 48.8 Å². The SMILES string of the molecule is C[C@@H]1C[C@@H](N2Cc3cnc(Nc4ccc(F)cc4)nc3C2)CCN1C(=O)c1ccnc(NS(C)=O)c1. The van der Waals surface area contributed by atoms with Crippen LogP contribution < -0.4 is 10.0 Å². The fourth-order valence-corrected chi connectivity index (χ4v) is 5.28. The number of anilines is 3. The second-order valence-corrected chi connectivity index (χ2v) is 10.3. The molecule has 0 saturated carbocycles. The van der Waals surface area contributed by atoms with Gasteiger partial charge in [0.2, 0.25) is 5.95 Å². The van der Waals surface area contributed by atoms with E-state index in [0.717, 1.165) is 42.9 Å². The predicted molar refractivity (Wildman–Crippen MR) is 136 cm³/mol. The second kappa shape index (κ2) is 10.3.